The van der Waals surface area contributed by atoms with Gasteiger partial charge in [0.05, 0.1) is 24.1 Å². The van der Waals surface area contributed by atoms with Crippen LogP contribution in [0.4, 0.5) is 5.69 Å². The van der Waals surface area contributed by atoms with Crippen molar-refractivity contribution in [1.29, 1.82) is 0 Å². The Morgan fingerprint density at radius 3 is 2.86 bits per heavy atom. The number of hydrogen-bond donors (Lipinski definition) is 1. The molecule has 1 saturated heterocycles. The lowest BCUT2D eigenvalue weighted by Gasteiger charge is -2.32. The number of nitro groups is 1. The molecule has 0 bridgehead atoms. The first-order chi connectivity index (χ1) is 10.4. The number of amides is 1. The van der Waals surface area contributed by atoms with Gasteiger partial charge in [-0.25, -0.2) is 0 Å². The van der Waals surface area contributed by atoms with Crippen molar-refractivity contribution in [3.63, 3.8) is 0 Å². The Hall–Kier alpha value is -2.48. The summed E-state index contributed by atoms with van der Waals surface area (Å²) in [4.78, 5) is 35.0. The number of aliphatic carboxylic acids is 1. The van der Waals surface area contributed by atoms with Crippen molar-refractivity contribution in [3.8, 4) is 0 Å². The summed E-state index contributed by atoms with van der Waals surface area (Å²) < 4.78 is 5.31. The van der Waals surface area contributed by atoms with Gasteiger partial charge in [0.1, 0.15) is 0 Å². The summed E-state index contributed by atoms with van der Waals surface area (Å²) in [6, 6.07) is 4.12. The normalized spacial score (nSPS) is 18.0. The van der Waals surface area contributed by atoms with Gasteiger partial charge in [-0.1, -0.05) is 6.07 Å². The van der Waals surface area contributed by atoms with E-state index >= 15 is 0 Å². The molecule has 2 rings (SSSR count). The van der Waals surface area contributed by atoms with Crippen molar-refractivity contribution in [3.05, 3.63) is 39.4 Å². The summed E-state index contributed by atoms with van der Waals surface area (Å²) in [5.74, 6) is -1.34. The number of ether oxygens (including phenoxy) is 1. The van der Waals surface area contributed by atoms with Gasteiger partial charge in [-0.05, 0) is 12.5 Å². The van der Waals surface area contributed by atoms with Crippen molar-refractivity contribution in [2.24, 2.45) is 0 Å². The number of hydrogen-bond acceptors (Lipinski definition) is 5. The van der Waals surface area contributed by atoms with E-state index < -0.39 is 17.0 Å². The van der Waals surface area contributed by atoms with Gasteiger partial charge in [-0.15, -0.1) is 0 Å². The number of nitro benzene ring substituents is 1. The van der Waals surface area contributed by atoms with Crippen LogP contribution in [0.2, 0.25) is 0 Å². The number of aryl methyl sites for hydroxylation is 1. The van der Waals surface area contributed by atoms with E-state index in [2.05, 4.69) is 0 Å². The second-order valence-corrected chi connectivity index (χ2v) is 5.10. The van der Waals surface area contributed by atoms with Crippen molar-refractivity contribution < 1.29 is 24.4 Å². The van der Waals surface area contributed by atoms with Gasteiger partial charge in [0.2, 0.25) is 0 Å². The summed E-state index contributed by atoms with van der Waals surface area (Å²) in [7, 11) is 0. The van der Waals surface area contributed by atoms with Crippen molar-refractivity contribution >= 4 is 17.6 Å². The first kappa shape index (κ1) is 15.9. The fourth-order valence-electron chi connectivity index (χ4n) is 2.35. The Balaban J connectivity index is 2.18. The number of non-ortho nitro benzene ring substituents is 1. The van der Waals surface area contributed by atoms with Gasteiger partial charge in [-0.2, -0.15) is 0 Å². The topological polar surface area (TPSA) is 110 Å². The molecular formula is C14H16N2O6. The number of carbonyl (C=O) groups is 2. The predicted molar refractivity (Wildman–Crippen MR) is 75.7 cm³/mol. The number of rotatable bonds is 4. The smallest absolute Gasteiger partial charge is 0.306 e. The Bertz CT molecular complexity index is 615. The Morgan fingerprint density at radius 1 is 1.50 bits per heavy atom. The van der Waals surface area contributed by atoms with Gasteiger partial charge in [0, 0.05) is 30.8 Å². The van der Waals surface area contributed by atoms with Crippen LogP contribution in [0, 0.1) is 17.0 Å². The molecule has 118 valence electrons. The molecule has 0 aromatic heterocycles. The van der Waals surface area contributed by atoms with Crippen LogP contribution in [0.1, 0.15) is 22.3 Å². The molecule has 1 N–H and O–H groups in total. The third-order valence-electron chi connectivity index (χ3n) is 3.49. The van der Waals surface area contributed by atoms with Gasteiger partial charge >= 0.3 is 5.97 Å². The first-order valence-corrected chi connectivity index (χ1v) is 6.76. The summed E-state index contributed by atoms with van der Waals surface area (Å²) in [6.45, 7) is 2.44. The Kier molecular flexibility index (Phi) is 4.71. The maximum absolute atomic E-state index is 12.5. The van der Waals surface area contributed by atoms with Gasteiger partial charge in [0.15, 0.2) is 0 Å². The van der Waals surface area contributed by atoms with E-state index in [1.54, 1.807) is 6.92 Å². The molecular weight excluding hydrogens is 292 g/mol. The average molecular weight is 308 g/mol. The molecule has 1 heterocycles. The minimum absolute atomic E-state index is 0.149. The second-order valence-electron chi connectivity index (χ2n) is 5.10. The van der Waals surface area contributed by atoms with Crippen LogP contribution in [0.5, 0.6) is 0 Å². The molecule has 8 heteroatoms. The highest BCUT2D eigenvalue weighted by Crippen LogP contribution is 2.20. The lowest BCUT2D eigenvalue weighted by atomic mass is 10.1. The standard InChI is InChI=1S/C14H16N2O6/c1-9-2-3-10(16(20)21)6-12(9)14(19)15-4-5-22-11(8-15)7-13(17)18/h2-3,6,11H,4-5,7-8H2,1H3,(H,17,18). The van der Waals surface area contributed by atoms with E-state index in [4.69, 9.17) is 9.84 Å². The summed E-state index contributed by atoms with van der Waals surface area (Å²) >= 11 is 0. The molecule has 1 aliphatic heterocycles. The minimum Gasteiger partial charge on any atom is -0.481 e. The van der Waals surface area contributed by atoms with Crippen molar-refractivity contribution in [2.45, 2.75) is 19.4 Å². The molecule has 1 fully saturated rings. The van der Waals surface area contributed by atoms with Crippen molar-refractivity contribution in [2.75, 3.05) is 19.7 Å². The number of carboxylic acid groups (broad SMARTS) is 1. The van der Waals surface area contributed by atoms with Crippen LogP contribution in [-0.4, -0.2) is 52.6 Å². The SMILES string of the molecule is Cc1ccc([N+](=O)[O-])cc1C(=O)N1CCOC(CC(=O)O)C1. The fraction of sp³-hybridized carbons (Fsp3) is 0.429. The minimum atomic E-state index is -0.995. The zero-order valence-corrected chi connectivity index (χ0v) is 12.0. The summed E-state index contributed by atoms with van der Waals surface area (Å²) in [5.41, 5.74) is 0.742. The van der Waals surface area contributed by atoms with E-state index in [0.717, 1.165) is 0 Å². The lowest BCUT2D eigenvalue weighted by Crippen LogP contribution is -2.46. The third-order valence-corrected chi connectivity index (χ3v) is 3.49. The number of benzene rings is 1. The van der Waals surface area contributed by atoms with Crippen molar-refractivity contribution in [1.82, 2.24) is 4.90 Å². The van der Waals surface area contributed by atoms with Crippen LogP contribution in [0.15, 0.2) is 18.2 Å². The molecule has 1 aromatic rings. The van der Waals surface area contributed by atoms with Crippen LogP contribution in [0.25, 0.3) is 0 Å². The molecule has 1 amide bonds. The zero-order chi connectivity index (χ0) is 16.3. The molecule has 1 aliphatic rings. The summed E-state index contributed by atoms with van der Waals surface area (Å²) in [5, 5.41) is 19.6. The zero-order valence-electron chi connectivity index (χ0n) is 12.0. The molecule has 8 nitrogen and oxygen atoms in total. The molecule has 0 saturated carbocycles. The van der Waals surface area contributed by atoms with Crippen LogP contribution in [-0.2, 0) is 9.53 Å². The van der Waals surface area contributed by atoms with Crippen LogP contribution in [0.3, 0.4) is 0 Å². The maximum Gasteiger partial charge on any atom is 0.306 e. The monoisotopic (exact) mass is 308 g/mol. The lowest BCUT2D eigenvalue weighted by molar-refractivity contribution is -0.384. The number of carbonyl (C=O) groups excluding carboxylic acids is 1. The molecule has 1 unspecified atom stereocenters. The number of morpholine rings is 1. The van der Waals surface area contributed by atoms with E-state index in [1.165, 1.54) is 23.1 Å². The quantitative estimate of drug-likeness (QED) is 0.661. The van der Waals surface area contributed by atoms with E-state index in [-0.39, 0.29) is 36.7 Å². The maximum atomic E-state index is 12.5. The number of nitrogens with zero attached hydrogens (tertiary/aromatic N) is 2. The Labute approximate surface area is 126 Å². The third kappa shape index (κ3) is 3.59. The molecule has 1 atom stereocenters. The predicted octanol–water partition coefficient (Wildman–Crippen LogP) is 1.22. The van der Waals surface area contributed by atoms with E-state index in [9.17, 15) is 19.7 Å². The highest BCUT2D eigenvalue weighted by atomic mass is 16.6. The van der Waals surface area contributed by atoms with Crippen LogP contribution >= 0.6 is 0 Å². The second kappa shape index (κ2) is 6.52. The Morgan fingerprint density at radius 2 is 2.23 bits per heavy atom. The number of carboxylic acids is 1. The van der Waals surface area contributed by atoms with Gasteiger partial charge in [-0.3, -0.25) is 19.7 Å². The largest absolute Gasteiger partial charge is 0.481 e. The highest BCUT2D eigenvalue weighted by Gasteiger charge is 2.28. The average Bonchev–Trinajstić information content (AvgIpc) is 2.46. The molecule has 0 radical (unpaired) electrons. The molecule has 22 heavy (non-hydrogen) atoms. The molecule has 1 aromatic carbocycles. The molecule has 0 spiro atoms. The highest BCUT2D eigenvalue weighted by molar-refractivity contribution is 5.96. The fourth-order valence-corrected chi connectivity index (χ4v) is 2.35. The first-order valence-electron chi connectivity index (χ1n) is 6.76. The van der Waals surface area contributed by atoms with Gasteiger partial charge in [0.25, 0.3) is 11.6 Å². The van der Waals surface area contributed by atoms with E-state index in [1.807, 2.05) is 0 Å². The van der Waals surface area contributed by atoms with E-state index in [0.29, 0.717) is 12.1 Å². The summed E-state index contributed by atoms with van der Waals surface area (Å²) in [6.07, 6.45) is -0.744. The van der Waals surface area contributed by atoms with Gasteiger partial charge < -0.3 is 14.7 Å². The molecule has 0 aliphatic carbocycles. The van der Waals surface area contributed by atoms with Crippen LogP contribution < -0.4 is 0 Å².